The molecule has 0 saturated carbocycles. The molecule has 1 aromatic rings. The SMILES string of the molecule is CCOCOC/C=C/C(C)(C)C(C)(C)C(C)(C)C(C)(C)c1cc(C(C)(C)C)cc(C(C)(C)C(C)(C)C(C)(C)C(C)(C)/C=C/COCC2CO2)c1. The lowest BCUT2D eigenvalue weighted by Crippen LogP contribution is -2.54. The van der Waals surface area contributed by atoms with Crippen LogP contribution in [0, 0.1) is 32.5 Å². The molecule has 1 saturated heterocycles. The Morgan fingerprint density at radius 3 is 1.30 bits per heavy atom. The maximum atomic E-state index is 5.86. The molecule has 1 aromatic carbocycles. The van der Waals surface area contributed by atoms with Crippen LogP contribution in [0.2, 0.25) is 0 Å². The molecule has 0 N–H and O–H groups in total. The van der Waals surface area contributed by atoms with Gasteiger partial charge in [0.25, 0.3) is 0 Å². The van der Waals surface area contributed by atoms with Gasteiger partial charge in [-0.05, 0) is 72.3 Å². The standard InChI is InChI=1S/C46H80O4/c1-21-47-33-49-27-23-25-40(7,8)44(15,16)46(19,20)42(11,12)36-29-34(38(2,3)4)28-35(30-36)41(9,10)45(17,18)43(13,14)39(5,6)24-22-26-48-31-37-32-50-37/h22-25,28-30,37H,21,26-27,31-33H2,1-20H3/b24-22+,25-23+. The van der Waals surface area contributed by atoms with Crippen molar-refractivity contribution in [1.29, 1.82) is 0 Å². The zero-order valence-electron chi connectivity index (χ0n) is 36.5. The maximum absolute atomic E-state index is 5.86. The molecule has 1 heterocycles. The van der Waals surface area contributed by atoms with Gasteiger partial charge >= 0.3 is 0 Å². The predicted octanol–water partition coefficient (Wildman–Crippen LogP) is 12.2. The van der Waals surface area contributed by atoms with Crippen molar-refractivity contribution < 1.29 is 18.9 Å². The average molecular weight is 697 g/mol. The van der Waals surface area contributed by atoms with Gasteiger partial charge in [0.2, 0.25) is 0 Å². The van der Waals surface area contributed by atoms with Crippen molar-refractivity contribution in [3.05, 3.63) is 59.2 Å². The molecular formula is C46H80O4. The molecule has 1 aliphatic rings. The quantitative estimate of drug-likeness (QED) is 0.0625. The zero-order valence-corrected chi connectivity index (χ0v) is 36.5. The number of benzene rings is 1. The smallest absolute Gasteiger partial charge is 0.147 e. The molecule has 4 nitrogen and oxygen atoms in total. The second-order valence-electron chi connectivity index (χ2n) is 20.5. The van der Waals surface area contributed by atoms with Crippen LogP contribution < -0.4 is 0 Å². The summed E-state index contributed by atoms with van der Waals surface area (Å²) in [5.74, 6) is 0. The summed E-state index contributed by atoms with van der Waals surface area (Å²) in [6.07, 6.45) is 9.40. The molecule has 0 aliphatic carbocycles. The van der Waals surface area contributed by atoms with E-state index in [2.05, 4.69) is 174 Å². The lowest BCUT2D eigenvalue weighted by atomic mass is 9.45. The van der Waals surface area contributed by atoms with Gasteiger partial charge in [-0.2, -0.15) is 0 Å². The van der Waals surface area contributed by atoms with E-state index in [1.54, 1.807) is 0 Å². The second kappa shape index (κ2) is 15.5. The van der Waals surface area contributed by atoms with Gasteiger partial charge in [0.15, 0.2) is 0 Å². The van der Waals surface area contributed by atoms with Crippen LogP contribution in [0.1, 0.15) is 155 Å². The Hall–Kier alpha value is -1.46. The summed E-state index contributed by atoms with van der Waals surface area (Å²) in [6, 6.07) is 7.59. The molecule has 0 radical (unpaired) electrons. The summed E-state index contributed by atoms with van der Waals surface area (Å²) < 4.78 is 22.2. The number of hydrogen-bond donors (Lipinski definition) is 0. The fourth-order valence-electron chi connectivity index (χ4n) is 7.47. The first kappa shape index (κ1) is 44.7. The highest BCUT2D eigenvalue weighted by atomic mass is 16.7. The van der Waals surface area contributed by atoms with Gasteiger partial charge in [0.1, 0.15) is 12.9 Å². The summed E-state index contributed by atoms with van der Waals surface area (Å²) in [6.45, 7) is 51.9. The number of rotatable bonds is 19. The van der Waals surface area contributed by atoms with Crippen LogP contribution in [-0.4, -0.2) is 45.9 Å². The first-order valence-electron chi connectivity index (χ1n) is 19.3. The van der Waals surface area contributed by atoms with Gasteiger partial charge in [0, 0.05) is 6.61 Å². The highest BCUT2D eigenvalue weighted by Crippen LogP contribution is 2.62. The summed E-state index contributed by atoms with van der Waals surface area (Å²) in [4.78, 5) is 0. The van der Waals surface area contributed by atoms with E-state index in [9.17, 15) is 0 Å². The summed E-state index contributed by atoms with van der Waals surface area (Å²) in [5.41, 5.74) is 3.48. The van der Waals surface area contributed by atoms with Crippen LogP contribution in [-0.2, 0) is 35.2 Å². The van der Waals surface area contributed by atoms with Gasteiger partial charge in [-0.1, -0.05) is 174 Å². The highest BCUT2D eigenvalue weighted by Gasteiger charge is 2.56. The van der Waals surface area contributed by atoms with Crippen molar-refractivity contribution in [1.82, 2.24) is 0 Å². The molecule has 4 heteroatoms. The van der Waals surface area contributed by atoms with Crippen molar-refractivity contribution in [2.24, 2.45) is 32.5 Å². The molecule has 0 amide bonds. The van der Waals surface area contributed by atoms with Gasteiger partial charge in [-0.25, -0.2) is 0 Å². The Balaban J connectivity index is 2.61. The monoisotopic (exact) mass is 697 g/mol. The highest BCUT2D eigenvalue weighted by molar-refractivity contribution is 5.43. The van der Waals surface area contributed by atoms with E-state index in [4.69, 9.17) is 18.9 Å². The topological polar surface area (TPSA) is 40.2 Å². The molecule has 1 aliphatic heterocycles. The average Bonchev–Trinajstić information content (AvgIpc) is 3.82. The van der Waals surface area contributed by atoms with E-state index >= 15 is 0 Å². The Morgan fingerprint density at radius 1 is 0.560 bits per heavy atom. The molecule has 1 atom stereocenters. The Bertz CT molecular complexity index is 1310. The summed E-state index contributed by atoms with van der Waals surface area (Å²) in [7, 11) is 0. The normalized spacial score (nSPS) is 17.7. The molecule has 1 fully saturated rings. The third-order valence-corrected chi connectivity index (χ3v) is 15.3. The van der Waals surface area contributed by atoms with Crippen molar-refractivity contribution in [2.45, 2.75) is 161 Å². The first-order chi connectivity index (χ1) is 22.5. The van der Waals surface area contributed by atoms with Crippen molar-refractivity contribution in [2.75, 3.05) is 39.8 Å². The molecule has 0 aromatic heterocycles. The van der Waals surface area contributed by atoms with E-state index in [-0.39, 0.29) is 48.7 Å². The van der Waals surface area contributed by atoms with E-state index in [0.29, 0.717) is 39.3 Å². The van der Waals surface area contributed by atoms with Crippen molar-refractivity contribution >= 4 is 0 Å². The van der Waals surface area contributed by atoms with E-state index in [0.717, 1.165) is 6.61 Å². The van der Waals surface area contributed by atoms with Crippen LogP contribution in [0.4, 0.5) is 0 Å². The van der Waals surface area contributed by atoms with E-state index in [1.165, 1.54) is 16.7 Å². The van der Waals surface area contributed by atoms with Crippen LogP contribution in [0.5, 0.6) is 0 Å². The number of ether oxygens (including phenoxy) is 4. The van der Waals surface area contributed by atoms with Crippen molar-refractivity contribution in [3.8, 4) is 0 Å². The fraction of sp³-hybridized carbons (Fsp3) is 0.783. The molecule has 1 unspecified atom stereocenters. The number of epoxide rings is 1. The Kier molecular flexibility index (Phi) is 13.8. The molecule has 288 valence electrons. The third kappa shape index (κ3) is 9.00. The largest absolute Gasteiger partial charge is 0.375 e. The minimum absolute atomic E-state index is 0.00720. The lowest BCUT2D eigenvalue weighted by molar-refractivity contribution is -0.0455. The molecule has 2 rings (SSSR count). The second-order valence-corrected chi connectivity index (χ2v) is 20.5. The van der Waals surface area contributed by atoms with Gasteiger partial charge < -0.3 is 18.9 Å². The minimum atomic E-state index is -0.146. The van der Waals surface area contributed by atoms with Crippen LogP contribution >= 0.6 is 0 Å². The van der Waals surface area contributed by atoms with Crippen LogP contribution in [0.15, 0.2) is 42.5 Å². The maximum Gasteiger partial charge on any atom is 0.147 e. The van der Waals surface area contributed by atoms with Gasteiger partial charge in [0.05, 0.1) is 26.4 Å². The summed E-state index contributed by atoms with van der Waals surface area (Å²) >= 11 is 0. The first-order valence-corrected chi connectivity index (χ1v) is 19.3. The summed E-state index contributed by atoms with van der Waals surface area (Å²) in [5, 5.41) is 0. The molecular weight excluding hydrogens is 617 g/mol. The zero-order chi connectivity index (χ0) is 38.8. The third-order valence-electron chi connectivity index (χ3n) is 15.3. The molecule has 0 spiro atoms. The number of hydrogen-bond acceptors (Lipinski definition) is 4. The van der Waals surface area contributed by atoms with Crippen molar-refractivity contribution in [3.63, 3.8) is 0 Å². The predicted molar refractivity (Wildman–Crippen MR) is 215 cm³/mol. The fourth-order valence-corrected chi connectivity index (χ4v) is 7.47. The van der Waals surface area contributed by atoms with Crippen LogP contribution in [0.25, 0.3) is 0 Å². The van der Waals surface area contributed by atoms with E-state index in [1.807, 2.05) is 6.92 Å². The lowest BCUT2D eigenvalue weighted by Gasteiger charge is -2.59. The van der Waals surface area contributed by atoms with Crippen LogP contribution in [0.3, 0.4) is 0 Å². The number of allylic oxidation sites excluding steroid dienone is 2. The molecule has 50 heavy (non-hydrogen) atoms. The Labute approximate surface area is 310 Å². The van der Waals surface area contributed by atoms with E-state index < -0.39 is 0 Å². The molecule has 0 bridgehead atoms. The minimum Gasteiger partial charge on any atom is -0.375 e. The Morgan fingerprint density at radius 2 is 0.940 bits per heavy atom. The van der Waals surface area contributed by atoms with Gasteiger partial charge in [-0.15, -0.1) is 0 Å². The van der Waals surface area contributed by atoms with Gasteiger partial charge in [-0.3, -0.25) is 0 Å².